The highest BCUT2D eigenvalue weighted by Crippen LogP contribution is 2.24. The summed E-state index contributed by atoms with van der Waals surface area (Å²) in [4.78, 5) is 27.3. The first-order chi connectivity index (χ1) is 14.1. The molecule has 0 fully saturated rings. The van der Waals surface area contributed by atoms with Crippen LogP contribution < -0.4 is 5.32 Å². The maximum absolute atomic E-state index is 13.0. The highest BCUT2D eigenvalue weighted by Gasteiger charge is 2.23. The van der Waals surface area contributed by atoms with Gasteiger partial charge >= 0.3 is 0 Å². The molecule has 152 valence electrons. The third-order valence-electron chi connectivity index (χ3n) is 4.33. The van der Waals surface area contributed by atoms with Crippen molar-refractivity contribution in [1.82, 2.24) is 20.4 Å². The van der Waals surface area contributed by atoms with Gasteiger partial charge in [0, 0.05) is 13.5 Å². The minimum absolute atomic E-state index is 0.0784. The van der Waals surface area contributed by atoms with Crippen LogP contribution in [0.1, 0.15) is 44.2 Å². The second-order valence-electron chi connectivity index (χ2n) is 6.66. The van der Waals surface area contributed by atoms with Crippen molar-refractivity contribution >= 4 is 23.2 Å². The average Bonchev–Trinajstić information content (AvgIpc) is 3.39. The number of nitrogens with zero attached hydrogens (tertiary/aromatic N) is 3. The van der Waals surface area contributed by atoms with E-state index in [0.717, 1.165) is 16.9 Å². The Morgan fingerprint density at radius 3 is 2.62 bits per heavy atom. The van der Waals surface area contributed by atoms with Crippen LogP contribution in [0.5, 0.6) is 0 Å². The van der Waals surface area contributed by atoms with E-state index in [9.17, 15) is 9.59 Å². The van der Waals surface area contributed by atoms with Crippen LogP contribution in [0, 0.1) is 0 Å². The summed E-state index contributed by atoms with van der Waals surface area (Å²) in [7, 11) is 0. The molecule has 2 heterocycles. The fourth-order valence-corrected chi connectivity index (χ4v) is 3.67. The van der Waals surface area contributed by atoms with Crippen LogP contribution >= 0.6 is 11.3 Å². The Kier molecular flexibility index (Phi) is 7.13. The largest absolute Gasteiger partial charge is 0.418 e. The van der Waals surface area contributed by atoms with Crippen LogP contribution in [-0.4, -0.2) is 33.5 Å². The van der Waals surface area contributed by atoms with Crippen molar-refractivity contribution in [3.63, 3.8) is 0 Å². The molecule has 1 atom stereocenters. The van der Waals surface area contributed by atoms with Crippen molar-refractivity contribution in [3.8, 4) is 10.8 Å². The minimum Gasteiger partial charge on any atom is -0.418 e. The standard InChI is InChI=1S/C21H24N4O3S/c1-3-11-25(14-19-23-24-21(28-19)18-10-7-12-29-18)20(27)13-17(22-15(2)26)16-8-5-4-6-9-16/h4-10,12,17H,3,11,13-14H2,1-2H3,(H,22,26). The molecule has 2 amide bonds. The van der Waals surface area contributed by atoms with Gasteiger partial charge in [-0.2, -0.15) is 0 Å². The summed E-state index contributed by atoms with van der Waals surface area (Å²) in [5, 5.41) is 13.0. The number of carbonyl (C=O) groups is 2. The predicted octanol–water partition coefficient (Wildman–Crippen LogP) is 3.80. The minimum atomic E-state index is -0.384. The highest BCUT2D eigenvalue weighted by molar-refractivity contribution is 7.13. The summed E-state index contributed by atoms with van der Waals surface area (Å²) in [5.74, 6) is 0.599. The van der Waals surface area contributed by atoms with E-state index in [0.29, 0.717) is 18.3 Å². The van der Waals surface area contributed by atoms with Crippen molar-refractivity contribution in [3.05, 3.63) is 59.3 Å². The van der Waals surface area contributed by atoms with E-state index in [2.05, 4.69) is 15.5 Å². The van der Waals surface area contributed by atoms with Gasteiger partial charge in [-0.25, -0.2) is 0 Å². The first-order valence-electron chi connectivity index (χ1n) is 9.53. The third-order valence-corrected chi connectivity index (χ3v) is 5.19. The zero-order valence-electron chi connectivity index (χ0n) is 16.5. The van der Waals surface area contributed by atoms with E-state index in [4.69, 9.17) is 4.42 Å². The zero-order valence-corrected chi connectivity index (χ0v) is 17.3. The maximum Gasteiger partial charge on any atom is 0.257 e. The summed E-state index contributed by atoms with van der Waals surface area (Å²) in [5.41, 5.74) is 0.894. The number of nitrogens with one attached hydrogen (secondary N) is 1. The fourth-order valence-electron chi connectivity index (χ4n) is 3.03. The second-order valence-corrected chi connectivity index (χ2v) is 7.61. The molecule has 1 unspecified atom stereocenters. The average molecular weight is 413 g/mol. The lowest BCUT2D eigenvalue weighted by Crippen LogP contribution is -2.36. The topological polar surface area (TPSA) is 88.3 Å². The first kappa shape index (κ1) is 20.7. The fraction of sp³-hybridized carbons (Fsp3) is 0.333. The first-order valence-corrected chi connectivity index (χ1v) is 10.4. The number of benzene rings is 1. The van der Waals surface area contributed by atoms with Crippen LogP contribution in [-0.2, 0) is 16.1 Å². The molecule has 0 saturated heterocycles. The van der Waals surface area contributed by atoms with Gasteiger partial charge in [0.15, 0.2) is 0 Å². The Morgan fingerprint density at radius 1 is 1.17 bits per heavy atom. The lowest BCUT2D eigenvalue weighted by Gasteiger charge is -2.24. The van der Waals surface area contributed by atoms with Crippen molar-refractivity contribution in [2.24, 2.45) is 0 Å². The van der Waals surface area contributed by atoms with Gasteiger partial charge in [0.05, 0.1) is 23.9 Å². The molecule has 29 heavy (non-hydrogen) atoms. The van der Waals surface area contributed by atoms with Crippen LogP contribution in [0.2, 0.25) is 0 Å². The molecule has 0 bridgehead atoms. The molecule has 0 spiro atoms. The molecule has 7 nitrogen and oxygen atoms in total. The number of rotatable bonds is 9. The van der Waals surface area contributed by atoms with Crippen LogP contribution in [0.3, 0.4) is 0 Å². The van der Waals surface area contributed by atoms with E-state index < -0.39 is 0 Å². The zero-order chi connectivity index (χ0) is 20.6. The normalized spacial score (nSPS) is 11.8. The molecule has 0 radical (unpaired) electrons. The van der Waals surface area contributed by atoms with Crippen molar-refractivity contribution < 1.29 is 14.0 Å². The van der Waals surface area contributed by atoms with Crippen LogP contribution in [0.25, 0.3) is 10.8 Å². The summed E-state index contributed by atoms with van der Waals surface area (Å²) < 4.78 is 5.73. The number of hydrogen-bond donors (Lipinski definition) is 1. The van der Waals surface area contributed by atoms with Crippen molar-refractivity contribution in [1.29, 1.82) is 0 Å². The molecule has 8 heteroatoms. The smallest absolute Gasteiger partial charge is 0.257 e. The second kappa shape index (κ2) is 9.97. The van der Waals surface area contributed by atoms with Gasteiger partial charge < -0.3 is 14.6 Å². The van der Waals surface area contributed by atoms with E-state index >= 15 is 0 Å². The van der Waals surface area contributed by atoms with Gasteiger partial charge in [-0.15, -0.1) is 21.5 Å². The number of carbonyl (C=O) groups excluding carboxylic acids is 2. The molecular weight excluding hydrogens is 388 g/mol. The Hall–Kier alpha value is -3.00. The lowest BCUT2D eigenvalue weighted by atomic mass is 10.0. The summed E-state index contributed by atoms with van der Waals surface area (Å²) in [6.07, 6.45) is 0.962. The molecule has 3 rings (SSSR count). The predicted molar refractivity (Wildman–Crippen MR) is 111 cm³/mol. The molecule has 1 N–H and O–H groups in total. The van der Waals surface area contributed by atoms with E-state index in [1.54, 1.807) is 4.90 Å². The SMILES string of the molecule is CCCN(Cc1nnc(-c2cccs2)o1)C(=O)CC(NC(C)=O)c1ccccc1. The third kappa shape index (κ3) is 5.74. The lowest BCUT2D eigenvalue weighted by molar-refractivity contribution is -0.133. The summed E-state index contributed by atoms with van der Waals surface area (Å²) >= 11 is 1.52. The number of amides is 2. The Morgan fingerprint density at radius 2 is 1.97 bits per heavy atom. The molecule has 2 aromatic heterocycles. The van der Waals surface area contributed by atoms with Gasteiger partial charge in [-0.1, -0.05) is 43.3 Å². The van der Waals surface area contributed by atoms with Gasteiger partial charge in [0.1, 0.15) is 0 Å². The van der Waals surface area contributed by atoms with Gasteiger partial charge in [0.25, 0.3) is 5.89 Å². The number of thiophene rings is 1. The molecule has 0 saturated carbocycles. The Bertz CT molecular complexity index is 925. The van der Waals surface area contributed by atoms with Crippen LogP contribution in [0.4, 0.5) is 0 Å². The summed E-state index contributed by atoms with van der Waals surface area (Å²) in [6.45, 7) is 4.27. The van der Waals surface area contributed by atoms with E-state index in [-0.39, 0.29) is 30.8 Å². The van der Waals surface area contributed by atoms with E-state index in [1.165, 1.54) is 18.3 Å². The van der Waals surface area contributed by atoms with Gasteiger partial charge in [-0.05, 0) is 23.4 Å². The van der Waals surface area contributed by atoms with Crippen molar-refractivity contribution in [2.45, 2.75) is 39.3 Å². The quantitative estimate of drug-likeness (QED) is 0.577. The monoisotopic (exact) mass is 412 g/mol. The molecule has 0 aliphatic carbocycles. The van der Waals surface area contributed by atoms with Crippen LogP contribution in [0.15, 0.2) is 52.3 Å². The molecule has 0 aliphatic rings. The Labute approximate surface area is 173 Å². The molecule has 1 aromatic carbocycles. The van der Waals surface area contributed by atoms with Crippen molar-refractivity contribution in [2.75, 3.05) is 6.54 Å². The number of aromatic nitrogens is 2. The molecular formula is C21H24N4O3S. The number of hydrogen-bond acceptors (Lipinski definition) is 6. The summed E-state index contributed by atoms with van der Waals surface area (Å²) in [6, 6.07) is 12.9. The highest BCUT2D eigenvalue weighted by atomic mass is 32.1. The maximum atomic E-state index is 13.0. The Balaban J connectivity index is 1.71. The van der Waals surface area contributed by atoms with Gasteiger partial charge in [-0.3, -0.25) is 9.59 Å². The van der Waals surface area contributed by atoms with Gasteiger partial charge in [0.2, 0.25) is 17.7 Å². The molecule has 0 aliphatic heterocycles. The molecule has 3 aromatic rings. The van der Waals surface area contributed by atoms with E-state index in [1.807, 2.05) is 54.8 Å².